The first-order valence-corrected chi connectivity index (χ1v) is 9.72. The molecule has 2 aliphatic heterocycles. The number of piperazine rings is 1. The van der Waals surface area contributed by atoms with Gasteiger partial charge in [-0.1, -0.05) is 18.2 Å². The van der Waals surface area contributed by atoms with E-state index in [-0.39, 0.29) is 6.42 Å². The number of carbonyl (C=O) groups excluding carboxylic acids is 2. The maximum absolute atomic E-state index is 11.5. The molecule has 28 heavy (non-hydrogen) atoms. The summed E-state index contributed by atoms with van der Waals surface area (Å²) < 4.78 is 10.8. The Labute approximate surface area is 164 Å². The van der Waals surface area contributed by atoms with Crippen LogP contribution in [-0.2, 0) is 16.0 Å². The second kappa shape index (κ2) is 8.44. The van der Waals surface area contributed by atoms with Crippen LogP contribution in [0.5, 0.6) is 11.5 Å². The van der Waals surface area contributed by atoms with Gasteiger partial charge >= 0.3 is 5.97 Å². The molecule has 6 nitrogen and oxygen atoms in total. The lowest BCUT2D eigenvalue weighted by molar-refractivity contribution is -0.147. The Morgan fingerprint density at radius 1 is 0.964 bits per heavy atom. The molecule has 0 aromatic heterocycles. The van der Waals surface area contributed by atoms with Crippen LogP contribution in [0, 0.1) is 0 Å². The first-order chi connectivity index (χ1) is 13.7. The van der Waals surface area contributed by atoms with E-state index in [9.17, 15) is 9.59 Å². The average molecular weight is 380 g/mol. The standard InChI is InChI=1S/C22H24N2O4/c25-20-16-17-15-19(7-8-21(17)28-22(20)26)27-14-4-9-23-10-12-24(13-11-23)18-5-2-1-3-6-18/h1-3,5-8,15H,4,9-14,16H2. The number of hydrogen-bond donors (Lipinski definition) is 0. The molecule has 2 aliphatic rings. The van der Waals surface area contributed by atoms with Crippen molar-refractivity contribution in [3.8, 4) is 11.5 Å². The minimum atomic E-state index is -0.784. The Kier molecular flexibility index (Phi) is 5.58. The first kappa shape index (κ1) is 18.5. The maximum Gasteiger partial charge on any atom is 0.380 e. The highest BCUT2D eigenvalue weighted by Crippen LogP contribution is 2.28. The van der Waals surface area contributed by atoms with Gasteiger partial charge in [-0.15, -0.1) is 0 Å². The third-order valence-electron chi connectivity index (χ3n) is 5.19. The van der Waals surface area contributed by atoms with Crippen molar-refractivity contribution in [2.24, 2.45) is 0 Å². The lowest BCUT2D eigenvalue weighted by Gasteiger charge is -2.36. The van der Waals surface area contributed by atoms with E-state index in [2.05, 4.69) is 34.1 Å². The van der Waals surface area contributed by atoms with Gasteiger partial charge in [0.25, 0.3) is 0 Å². The summed E-state index contributed by atoms with van der Waals surface area (Å²) in [6.07, 6.45) is 1.02. The number of fused-ring (bicyclic) bond motifs is 1. The molecule has 0 amide bonds. The van der Waals surface area contributed by atoms with Gasteiger partial charge in [0.2, 0.25) is 5.78 Å². The number of nitrogens with zero attached hydrogens (tertiary/aromatic N) is 2. The molecular formula is C22H24N2O4. The quantitative estimate of drug-likeness (QED) is 0.332. The monoisotopic (exact) mass is 380 g/mol. The first-order valence-electron chi connectivity index (χ1n) is 9.72. The van der Waals surface area contributed by atoms with Crippen molar-refractivity contribution >= 4 is 17.4 Å². The Hall–Kier alpha value is -2.86. The number of benzene rings is 2. The smallest absolute Gasteiger partial charge is 0.380 e. The zero-order chi connectivity index (χ0) is 19.3. The van der Waals surface area contributed by atoms with Crippen LogP contribution in [0.1, 0.15) is 12.0 Å². The fourth-order valence-corrected chi connectivity index (χ4v) is 3.63. The summed E-state index contributed by atoms with van der Waals surface area (Å²) in [5.41, 5.74) is 2.00. The number of ketones is 1. The van der Waals surface area contributed by atoms with Crippen LogP contribution in [0.4, 0.5) is 5.69 Å². The van der Waals surface area contributed by atoms with Gasteiger partial charge < -0.3 is 14.4 Å². The summed E-state index contributed by atoms with van der Waals surface area (Å²) >= 11 is 0. The van der Waals surface area contributed by atoms with E-state index in [4.69, 9.17) is 9.47 Å². The van der Waals surface area contributed by atoms with Crippen LogP contribution in [0.2, 0.25) is 0 Å². The van der Waals surface area contributed by atoms with Gasteiger partial charge in [-0.05, 0) is 36.8 Å². The summed E-state index contributed by atoms with van der Waals surface area (Å²) in [4.78, 5) is 27.7. The molecule has 0 spiro atoms. The number of ether oxygens (including phenoxy) is 2. The molecule has 2 aromatic rings. The van der Waals surface area contributed by atoms with Crippen molar-refractivity contribution in [2.45, 2.75) is 12.8 Å². The molecule has 146 valence electrons. The zero-order valence-electron chi connectivity index (χ0n) is 15.8. The molecule has 4 rings (SSSR count). The third kappa shape index (κ3) is 4.34. The molecule has 2 heterocycles. The lowest BCUT2D eigenvalue weighted by Crippen LogP contribution is -2.46. The molecule has 1 saturated heterocycles. The molecule has 0 atom stereocenters. The van der Waals surface area contributed by atoms with Gasteiger partial charge in [-0.2, -0.15) is 0 Å². The van der Waals surface area contributed by atoms with Crippen molar-refractivity contribution in [3.05, 3.63) is 54.1 Å². The lowest BCUT2D eigenvalue weighted by atomic mass is 10.1. The summed E-state index contributed by atoms with van der Waals surface area (Å²) in [6, 6.07) is 15.8. The SMILES string of the molecule is O=C1Cc2cc(OCCCN3CCN(c4ccccc4)CC3)ccc2OC1=O. The fraction of sp³-hybridized carbons (Fsp3) is 0.364. The Balaban J connectivity index is 1.19. The van der Waals surface area contributed by atoms with Gasteiger partial charge in [0, 0.05) is 50.4 Å². The van der Waals surface area contributed by atoms with Gasteiger partial charge in [0.05, 0.1) is 6.61 Å². The van der Waals surface area contributed by atoms with E-state index in [0.717, 1.165) is 39.1 Å². The van der Waals surface area contributed by atoms with Crippen molar-refractivity contribution in [2.75, 3.05) is 44.2 Å². The van der Waals surface area contributed by atoms with E-state index in [1.165, 1.54) is 5.69 Å². The number of anilines is 1. The second-order valence-electron chi connectivity index (χ2n) is 7.13. The molecule has 0 radical (unpaired) electrons. The minimum absolute atomic E-state index is 0.0804. The number of esters is 1. The van der Waals surface area contributed by atoms with Gasteiger partial charge in [-0.25, -0.2) is 4.79 Å². The molecule has 0 aliphatic carbocycles. The number of hydrogen-bond acceptors (Lipinski definition) is 6. The second-order valence-corrected chi connectivity index (χ2v) is 7.13. The van der Waals surface area contributed by atoms with Crippen LogP contribution in [0.3, 0.4) is 0 Å². The summed E-state index contributed by atoms with van der Waals surface area (Å²) in [5, 5.41) is 0. The van der Waals surface area contributed by atoms with Gasteiger partial charge in [0.1, 0.15) is 11.5 Å². The van der Waals surface area contributed by atoms with E-state index in [1.807, 2.05) is 6.07 Å². The Morgan fingerprint density at radius 3 is 2.54 bits per heavy atom. The third-order valence-corrected chi connectivity index (χ3v) is 5.19. The van der Waals surface area contributed by atoms with Crippen LogP contribution < -0.4 is 14.4 Å². The molecular weight excluding hydrogens is 356 g/mol. The number of carbonyl (C=O) groups is 2. The number of Topliss-reactive ketones (excluding diaryl/α,β-unsaturated/α-hetero) is 1. The zero-order valence-corrected chi connectivity index (χ0v) is 15.8. The predicted molar refractivity (Wildman–Crippen MR) is 106 cm³/mol. The molecule has 6 heteroatoms. The highest BCUT2D eigenvalue weighted by molar-refractivity contribution is 6.35. The normalized spacial score (nSPS) is 17.2. The van der Waals surface area contributed by atoms with E-state index >= 15 is 0 Å². The van der Waals surface area contributed by atoms with Crippen molar-refractivity contribution in [1.82, 2.24) is 4.90 Å². The van der Waals surface area contributed by atoms with Crippen LogP contribution in [0.25, 0.3) is 0 Å². The topological polar surface area (TPSA) is 59.1 Å². The van der Waals surface area contributed by atoms with Crippen molar-refractivity contribution in [1.29, 1.82) is 0 Å². The summed E-state index contributed by atoms with van der Waals surface area (Å²) in [7, 11) is 0. The molecule has 1 fully saturated rings. The largest absolute Gasteiger partial charge is 0.494 e. The summed E-state index contributed by atoms with van der Waals surface area (Å²) in [6.45, 7) is 5.82. The average Bonchev–Trinajstić information content (AvgIpc) is 2.73. The highest BCUT2D eigenvalue weighted by Gasteiger charge is 2.26. The van der Waals surface area contributed by atoms with E-state index in [0.29, 0.717) is 23.7 Å². The Morgan fingerprint density at radius 2 is 1.75 bits per heavy atom. The van der Waals surface area contributed by atoms with Crippen LogP contribution in [0.15, 0.2) is 48.5 Å². The Bertz CT molecular complexity index is 845. The highest BCUT2D eigenvalue weighted by atomic mass is 16.5. The van der Waals surface area contributed by atoms with Crippen molar-refractivity contribution < 1.29 is 19.1 Å². The molecule has 2 aromatic carbocycles. The van der Waals surface area contributed by atoms with Crippen molar-refractivity contribution in [3.63, 3.8) is 0 Å². The molecule has 0 bridgehead atoms. The van der Waals surface area contributed by atoms with Gasteiger partial charge in [0.15, 0.2) is 0 Å². The van der Waals surface area contributed by atoms with Gasteiger partial charge in [-0.3, -0.25) is 9.69 Å². The van der Waals surface area contributed by atoms with Crippen LogP contribution in [-0.4, -0.2) is 56.0 Å². The molecule has 0 saturated carbocycles. The van der Waals surface area contributed by atoms with Crippen LogP contribution >= 0.6 is 0 Å². The predicted octanol–water partition coefficient (Wildman–Crippen LogP) is 2.31. The fourth-order valence-electron chi connectivity index (χ4n) is 3.63. The van der Waals surface area contributed by atoms with E-state index < -0.39 is 11.8 Å². The number of rotatable bonds is 6. The number of para-hydroxylation sites is 1. The summed E-state index contributed by atoms with van der Waals surface area (Å²) in [5.74, 6) is -0.139. The molecule has 0 N–H and O–H groups in total. The maximum atomic E-state index is 11.5. The van der Waals surface area contributed by atoms with E-state index in [1.54, 1.807) is 18.2 Å². The minimum Gasteiger partial charge on any atom is -0.494 e. The molecule has 0 unspecified atom stereocenters.